The summed E-state index contributed by atoms with van der Waals surface area (Å²) in [5.74, 6) is 1.11. The van der Waals surface area contributed by atoms with Gasteiger partial charge in [0.25, 0.3) is 0 Å². The second-order valence-electron chi connectivity index (χ2n) is 8.99. The highest BCUT2D eigenvalue weighted by Crippen LogP contribution is 2.37. The zero-order valence-corrected chi connectivity index (χ0v) is 21.3. The van der Waals surface area contributed by atoms with E-state index < -0.39 is 9.84 Å². The minimum absolute atomic E-state index is 0.00648. The van der Waals surface area contributed by atoms with Crippen LogP contribution in [-0.4, -0.2) is 26.1 Å². The van der Waals surface area contributed by atoms with Gasteiger partial charge in [-0.15, -0.1) is 11.3 Å². The molecule has 1 aliphatic rings. The van der Waals surface area contributed by atoms with Crippen LogP contribution in [0.4, 0.5) is 0 Å². The van der Waals surface area contributed by atoms with Gasteiger partial charge in [-0.2, -0.15) is 0 Å². The Kier molecular flexibility index (Phi) is 7.22. The number of hydrogen-bond acceptors (Lipinski definition) is 6. The van der Waals surface area contributed by atoms with Crippen LogP contribution >= 0.6 is 11.3 Å². The first-order valence-electron chi connectivity index (χ1n) is 11.5. The third-order valence-electron chi connectivity index (χ3n) is 6.04. The van der Waals surface area contributed by atoms with Crippen LogP contribution in [0.1, 0.15) is 54.6 Å². The molecule has 1 aliphatic heterocycles. The summed E-state index contributed by atoms with van der Waals surface area (Å²) in [5, 5.41) is 4.44. The molecule has 1 N–H and O–H groups in total. The lowest BCUT2D eigenvalue weighted by Crippen LogP contribution is -2.35. The van der Waals surface area contributed by atoms with Crippen molar-refractivity contribution in [3.8, 4) is 5.75 Å². The van der Waals surface area contributed by atoms with E-state index in [9.17, 15) is 8.42 Å². The van der Waals surface area contributed by atoms with Gasteiger partial charge in [0.2, 0.25) is 9.84 Å². The molecule has 2 atom stereocenters. The van der Waals surface area contributed by atoms with Crippen molar-refractivity contribution in [1.29, 1.82) is 0 Å². The molecule has 1 saturated heterocycles. The Labute approximate surface area is 201 Å². The molecular weight excluding hydrogens is 452 g/mol. The zero-order chi connectivity index (χ0) is 23.6. The molecule has 0 bridgehead atoms. The van der Waals surface area contributed by atoms with Crippen LogP contribution in [0.2, 0.25) is 0 Å². The number of thiazole rings is 1. The van der Waals surface area contributed by atoms with Crippen molar-refractivity contribution < 1.29 is 13.2 Å². The van der Waals surface area contributed by atoms with Crippen molar-refractivity contribution in [3.63, 3.8) is 0 Å². The molecule has 4 rings (SSSR count). The highest BCUT2D eigenvalue weighted by Gasteiger charge is 2.29. The molecule has 0 saturated carbocycles. The van der Waals surface area contributed by atoms with Crippen LogP contribution in [0, 0.1) is 19.8 Å². The molecular formula is C26H32N2O3S2. The van der Waals surface area contributed by atoms with Crippen molar-refractivity contribution in [2.75, 3.05) is 6.54 Å². The predicted octanol–water partition coefficient (Wildman–Crippen LogP) is 5.66. The Morgan fingerprint density at radius 1 is 1.15 bits per heavy atom. The van der Waals surface area contributed by atoms with E-state index in [-0.39, 0.29) is 12.1 Å². The summed E-state index contributed by atoms with van der Waals surface area (Å²) in [5.41, 5.74) is 2.77. The molecule has 2 heterocycles. The predicted molar refractivity (Wildman–Crippen MR) is 133 cm³/mol. The molecule has 1 fully saturated rings. The van der Waals surface area contributed by atoms with E-state index in [1.165, 1.54) is 16.9 Å². The van der Waals surface area contributed by atoms with E-state index in [1.807, 2.05) is 39.0 Å². The maximum atomic E-state index is 13.4. The normalized spacial score (nSPS) is 19.1. The maximum absolute atomic E-state index is 13.4. The molecule has 5 nitrogen and oxygen atoms in total. The van der Waals surface area contributed by atoms with Gasteiger partial charge in [0, 0.05) is 6.04 Å². The molecule has 7 heteroatoms. The molecule has 0 radical (unpaired) electrons. The van der Waals surface area contributed by atoms with Gasteiger partial charge in [-0.3, -0.25) is 0 Å². The van der Waals surface area contributed by atoms with Crippen molar-refractivity contribution in [1.82, 2.24) is 10.3 Å². The number of sulfone groups is 1. The Morgan fingerprint density at radius 3 is 2.58 bits per heavy atom. The lowest BCUT2D eigenvalue weighted by molar-refractivity contribution is 0.234. The van der Waals surface area contributed by atoms with Gasteiger partial charge in [-0.1, -0.05) is 30.3 Å². The van der Waals surface area contributed by atoms with Gasteiger partial charge in [-0.25, -0.2) is 13.4 Å². The minimum Gasteiger partial charge on any atom is -0.491 e. The fourth-order valence-electron chi connectivity index (χ4n) is 4.63. The Balaban J connectivity index is 1.72. The molecule has 0 spiro atoms. The van der Waals surface area contributed by atoms with E-state index in [2.05, 4.69) is 34.6 Å². The van der Waals surface area contributed by atoms with E-state index in [4.69, 9.17) is 4.74 Å². The van der Waals surface area contributed by atoms with Crippen molar-refractivity contribution in [2.45, 2.75) is 68.2 Å². The summed E-state index contributed by atoms with van der Waals surface area (Å²) in [6.07, 6.45) is 2.94. The first-order valence-corrected chi connectivity index (χ1v) is 13.8. The Hall–Kier alpha value is -2.22. The van der Waals surface area contributed by atoms with E-state index in [0.717, 1.165) is 42.1 Å². The van der Waals surface area contributed by atoms with Gasteiger partial charge < -0.3 is 10.1 Å². The number of rotatable bonds is 7. The average molecular weight is 485 g/mol. The van der Waals surface area contributed by atoms with Crippen LogP contribution in [0.3, 0.4) is 0 Å². The fourth-order valence-corrected chi connectivity index (χ4v) is 7.56. The van der Waals surface area contributed by atoms with E-state index in [1.54, 1.807) is 13.0 Å². The maximum Gasteiger partial charge on any atom is 0.217 e. The number of benzene rings is 2. The minimum atomic E-state index is -3.64. The van der Waals surface area contributed by atoms with Crippen molar-refractivity contribution >= 4 is 21.2 Å². The third kappa shape index (κ3) is 5.31. The number of aryl methyl sites for hydroxylation is 2. The number of nitrogens with one attached hydrogen (secondary N) is 1. The summed E-state index contributed by atoms with van der Waals surface area (Å²) >= 11 is 1.23. The lowest BCUT2D eigenvalue weighted by Gasteiger charge is -2.33. The number of aromatic nitrogens is 1. The molecule has 1 unspecified atom stereocenters. The second kappa shape index (κ2) is 9.95. The summed E-state index contributed by atoms with van der Waals surface area (Å²) in [6, 6.07) is 16.0. The standard InChI is InChI=1S/C26H32N2O3S2/c1-17(2)31-24-13-12-23(33(29,30)26-18(3)28-19(4)32-26)16-22(24)15-21-11-8-14-27-25(21)20-9-6-5-7-10-20/h5-7,9-10,12-13,16-17,21,25,27H,8,11,14-15H2,1-4H3/t21?,25-/m1/s1. The van der Waals surface area contributed by atoms with Gasteiger partial charge in [0.05, 0.1) is 21.7 Å². The Morgan fingerprint density at radius 2 is 1.91 bits per heavy atom. The van der Waals surface area contributed by atoms with Crippen LogP contribution in [-0.2, 0) is 16.3 Å². The highest BCUT2D eigenvalue weighted by molar-refractivity contribution is 7.93. The number of piperidine rings is 1. The number of hydrogen-bond donors (Lipinski definition) is 1. The third-order valence-corrected chi connectivity index (χ3v) is 9.47. The summed E-state index contributed by atoms with van der Waals surface area (Å²) in [4.78, 5) is 4.63. The molecule has 0 aliphatic carbocycles. The first-order chi connectivity index (χ1) is 15.8. The van der Waals surface area contributed by atoms with Gasteiger partial charge >= 0.3 is 0 Å². The van der Waals surface area contributed by atoms with Gasteiger partial charge in [-0.05, 0) is 88.7 Å². The zero-order valence-electron chi connectivity index (χ0n) is 19.7. The van der Waals surface area contributed by atoms with Gasteiger partial charge in [0.15, 0.2) is 0 Å². The van der Waals surface area contributed by atoms with Gasteiger partial charge in [0.1, 0.15) is 9.96 Å². The lowest BCUT2D eigenvalue weighted by atomic mass is 9.82. The Bertz CT molecular complexity index is 1200. The van der Waals surface area contributed by atoms with Crippen LogP contribution in [0.25, 0.3) is 0 Å². The summed E-state index contributed by atoms with van der Waals surface area (Å²) in [7, 11) is -3.64. The molecule has 2 aromatic carbocycles. The monoisotopic (exact) mass is 484 g/mol. The largest absolute Gasteiger partial charge is 0.491 e. The summed E-state index contributed by atoms with van der Waals surface area (Å²) in [6.45, 7) is 8.57. The summed E-state index contributed by atoms with van der Waals surface area (Å²) < 4.78 is 33.3. The topological polar surface area (TPSA) is 68.3 Å². The van der Waals surface area contributed by atoms with Crippen molar-refractivity contribution in [2.24, 2.45) is 5.92 Å². The number of nitrogens with zero attached hydrogens (tertiary/aromatic N) is 1. The van der Waals surface area contributed by atoms with Crippen LogP contribution in [0.15, 0.2) is 57.6 Å². The molecule has 176 valence electrons. The second-order valence-corrected chi connectivity index (χ2v) is 12.3. The highest BCUT2D eigenvalue weighted by atomic mass is 32.2. The van der Waals surface area contributed by atoms with Crippen molar-refractivity contribution in [3.05, 3.63) is 70.4 Å². The van der Waals surface area contributed by atoms with E-state index >= 15 is 0 Å². The molecule has 3 aromatic rings. The number of ether oxygens (including phenoxy) is 1. The smallest absolute Gasteiger partial charge is 0.217 e. The first kappa shape index (κ1) is 23.9. The van der Waals surface area contributed by atoms with Crippen LogP contribution < -0.4 is 10.1 Å². The quantitative estimate of drug-likeness (QED) is 0.468. The van der Waals surface area contributed by atoms with Crippen LogP contribution in [0.5, 0.6) is 5.75 Å². The molecule has 33 heavy (non-hydrogen) atoms. The van der Waals surface area contributed by atoms with E-state index in [0.29, 0.717) is 20.7 Å². The molecule has 0 amide bonds. The fraction of sp³-hybridized carbons (Fsp3) is 0.423. The average Bonchev–Trinajstić information content (AvgIpc) is 3.14. The SMILES string of the molecule is Cc1nc(C)c(S(=O)(=O)c2ccc(OC(C)C)c(CC3CCCN[C@@H]3c3ccccc3)c2)s1. The molecule has 1 aromatic heterocycles.